The molecule has 0 unspecified atom stereocenters. The van der Waals surface area contributed by atoms with Crippen molar-refractivity contribution >= 4 is 17.6 Å². The molecule has 1 heterocycles. The second-order valence-electron chi connectivity index (χ2n) is 4.47. The van der Waals surface area contributed by atoms with Gasteiger partial charge in [-0.25, -0.2) is 9.59 Å². The van der Waals surface area contributed by atoms with Gasteiger partial charge in [0.05, 0.1) is 25.5 Å². The van der Waals surface area contributed by atoms with Gasteiger partial charge in [-0.2, -0.15) is 5.26 Å². The molecular formula is C15H13N3O5. The number of phenolic OH excluding ortho intramolecular Hbond substituents is 1. The zero-order valence-electron chi connectivity index (χ0n) is 12.4. The van der Waals surface area contributed by atoms with E-state index < -0.39 is 11.9 Å². The number of hydrogen-bond donors (Lipinski definition) is 2. The Labute approximate surface area is 131 Å². The molecular weight excluding hydrogens is 302 g/mol. The lowest BCUT2D eigenvalue weighted by Gasteiger charge is -2.10. The first-order valence-electron chi connectivity index (χ1n) is 6.35. The van der Waals surface area contributed by atoms with E-state index in [4.69, 9.17) is 11.0 Å². The lowest BCUT2D eigenvalue weighted by molar-refractivity contribution is 0.0585. The number of phenols is 1. The molecule has 118 valence electrons. The van der Waals surface area contributed by atoms with Crippen molar-refractivity contribution in [2.45, 2.75) is 0 Å². The van der Waals surface area contributed by atoms with Crippen LogP contribution < -0.4 is 5.73 Å². The second-order valence-corrected chi connectivity index (χ2v) is 4.47. The Morgan fingerprint density at radius 3 is 2.43 bits per heavy atom. The Kier molecular flexibility index (Phi) is 4.23. The minimum absolute atomic E-state index is 0.0310. The van der Waals surface area contributed by atoms with Crippen molar-refractivity contribution in [2.75, 3.05) is 20.0 Å². The number of esters is 2. The number of aromatic nitrogens is 1. The van der Waals surface area contributed by atoms with Crippen molar-refractivity contribution in [3.63, 3.8) is 0 Å². The second kappa shape index (κ2) is 6.11. The van der Waals surface area contributed by atoms with Crippen LogP contribution in [0.25, 0.3) is 5.69 Å². The summed E-state index contributed by atoms with van der Waals surface area (Å²) in [4.78, 5) is 23.4. The highest BCUT2D eigenvalue weighted by atomic mass is 16.5. The fourth-order valence-corrected chi connectivity index (χ4v) is 2.07. The highest BCUT2D eigenvalue weighted by Crippen LogP contribution is 2.28. The molecule has 0 fully saturated rings. The van der Waals surface area contributed by atoms with Crippen LogP contribution in [-0.4, -0.2) is 35.8 Å². The average Bonchev–Trinajstić information content (AvgIpc) is 2.89. The van der Waals surface area contributed by atoms with Crippen LogP contribution in [0.15, 0.2) is 24.4 Å². The zero-order chi connectivity index (χ0) is 17.1. The van der Waals surface area contributed by atoms with Crippen LogP contribution in [-0.2, 0) is 9.47 Å². The topological polar surface area (TPSA) is 128 Å². The van der Waals surface area contributed by atoms with Crippen LogP contribution in [0.4, 0.5) is 5.69 Å². The summed E-state index contributed by atoms with van der Waals surface area (Å²) in [6, 6.07) is 5.92. The summed E-state index contributed by atoms with van der Waals surface area (Å²) in [7, 11) is 2.37. The van der Waals surface area contributed by atoms with Crippen LogP contribution in [0.1, 0.15) is 26.4 Å². The minimum atomic E-state index is -0.736. The van der Waals surface area contributed by atoms with Crippen molar-refractivity contribution < 1.29 is 24.2 Å². The van der Waals surface area contributed by atoms with Gasteiger partial charge in [0.2, 0.25) is 0 Å². The molecule has 8 heteroatoms. The van der Waals surface area contributed by atoms with E-state index in [1.807, 2.05) is 6.07 Å². The Hall–Kier alpha value is -3.47. The van der Waals surface area contributed by atoms with E-state index in [1.165, 1.54) is 43.2 Å². The first kappa shape index (κ1) is 15.9. The molecule has 0 bridgehead atoms. The van der Waals surface area contributed by atoms with Gasteiger partial charge in [-0.3, -0.25) is 0 Å². The number of carbonyl (C=O) groups excluding carboxylic acids is 2. The van der Waals surface area contributed by atoms with E-state index in [0.717, 1.165) is 0 Å². The lowest BCUT2D eigenvalue weighted by Crippen LogP contribution is -2.11. The number of nitrogen functional groups attached to an aromatic ring is 1. The smallest absolute Gasteiger partial charge is 0.357 e. The van der Waals surface area contributed by atoms with Crippen LogP contribution >= 0.6 is 0 Å². The Morgan fingerprint density at radius 1 is 1.26 bits per heavy atom. The number of nitrogens with two attached hydrogens (primary N) is 1. The van der Waals surface area contributed by atoms with Crippen LogP contribution in [0.2, 0.25) is 0 Å². The molecule has 1 aromatic carbocycles. The van der Waals surface area contributed by atoms with Gasteiger partial charge in [-0.05, 0) is 12.1 Å². The molecule has 1 aromatic heterocycles. The largest absolute Gasteiger partial charge is 0.507 e. The maximum absolute atomic E-state index is 11.9. The molecule has 3 N–H and O–H groups in total. The molecule has 0 saturated heterocycles. The molecule has 0 aliphatic heterocycles. The van der Waals surface area contributed by atoms with Crippen LogP contribution in [0.5, 0.6) is 5.75 Å². The van der Waals surface area contributed by atoms with Gasteiger partial charge in [0.15, 0.2) is 5.69 Å². The van der Waals surface area contributed by atoms with Crippen LogP contribution in [0, 0.1) is 11.3 Å². The quantitative estimate of drug-likeness (QED) is 0.815. The lowest BCUT2D eigenvalue weighted by atomic mass is 10.2. The third kappa shape index (κ3) is 2.67. The minimum Gasteiger partial charge on any atom is -0.507 e. The van der Waals surface area contributed by atoms with E-state index in [9.17, 15) is 14.7 Å². The number of nitrogens with zero attached hydrogens (tertiary/aromatic N) is 2. The number of carbonyl (C=O) groups is 2. The number of nitriles is 1. The molecule has 2 aromatic rings. The van der Waals surface area contributed by atoms with E-state index >= 15 is 0 Å². The first-order chi connectivity index (χ1) is 10.9. The summed E-state index contributed by atoms with van der Waals surface area (Å²) in [6.45, 7) is 0. The maximum atomic E-state index is 11.9. The van der Waals surface area contributed by atoms with Crippen molar-refractivity contribution in [1.82, 2.24) is 4.57 Å². The summed E-state index contributed by atoms with van der Waals surface area (Å²) in [6.07, 6.45) is 1.34. The summed E-state index contributed by atoms with van der Waals surface area (Å²) >= 11 is 0. The van der Waals surface area contributed by atoms with Crippen molar-refractivity contribution in [3.8, 4) is 17.5 Å². The predicted octanol–water partition coefficient (Wildman–Crippen LogP) is 1.21. The van der Waals surface area contributed by atoms with E-state index in [2.05, 4.69) is 9.47 Å². The molecule has 23 heavy (non-hydrogen) atoms. The standard InChI is InChI=1S/C15H13N3O5/c1-22-14(20)10-4-3-9(5-11(10)19)18-7-8(6-16)12(17)13(18)15(21)23-2/h3-5,7,19H,17H2,1-2H3. The third-order valence-electron chi connectivity index (χ3n) is 3.21. The van der Waals surface area contributed by atoms with Gasteiger partial charge in [0.25, 0.3) is 0 Å². The van der Waals surface area contributed by atoms with Crippen molar-refractivity contribution in [1.29, 1.82) is 5.26 Å². The number of anilines is 1. The summed E-state index contributed by atoms with van der Waals surface area (Å²) in [5.41, 5.74) is 6.08. The van der Waals surface area contributed by atoms with Gasteiger partial charge < -0.3 is 24.9 Å². The molecule has 8 nitrogen and oxygen atoms in total. The molecule has 0 atom stereocenters. The summed E-state index contributed by atoms with van der Waals surface area (Å²) in [5, 5.41) is 19.0. The predicted molar refractivity (Wildman–Crippen MR) is 79.2 cm³/mol. The number of benzene rings is 1. The molecule has 0 spiro atoms. The molecule has 0 aliphatic rings. The fourth-order valence-electron chi connectivity index (χ4n) is 2.07. The fraction of sp³-hybridized carbons (Fsp3) is 0.133. The van der Waals surface area contributed by atoms with Gasteiger partial charge in [0.1, 0.15) is 17.4 Å². The highest BCUT2D eigenvalue weighted by molar-refractivity contribution is 5.96. The number of aromatic hydroxyl groups is 1. The van der Waals surface area contributed by atoms with Gasteiger partial charge in [-0.15, -0.1) is 0 Å². The Balaban J connectivity index is 2.63. The SMILES string of the molecule is COC(=O)c1ccc(-n2cc(C#N)c(N)c2C(=O)OC)cc1O. The van der Waals surface area contributed by atoms with Gasteiger partial charge in [-0.1, -0.05) is 0 Å². The third-order valence-corrected chi connectivity index (χ3v) is 3.21. The highest BCUT2D eigenvalue weighted by Gasteiger charge is 2.22. The molecule has 0 saturated carbocycles. The summed E-state index contributed by atoms with van der Waals surface area (Å²) < 4.78 is 10.5. The van der Waals surface area contributed by atoms with Gasteiger partial charge in [0, 0.05) is 18.0 Å². The normalized spacial score (nSPS) is 9.96. The number of methoxy groups -OCH3 is 2. The molecule has 0 amide bonds. The first-order valence-corrected chi connectivity index (χ1v) is 6.35. The molecule has 0 aliphatic carbocycles. The monoisotopic (exact) mass is 315 g/mol. The number of ether oxygens (including phenoxy) is 2. The number of hydrogen-bond acceptors (Lipinski definition) is 7. The maximum Gasteiger partial charge on any atom is 0.357 e. The van der Waals surface area contributed by atoms with Crippen LogP contribution in [0.3, 0.4) is 0 Å². The molecule has 0 radical (unpaired) electrons. The van der Waals surface area contributed by atoms with Crippen molar-refractivity contribution in [3.05, 3.63) is 41.2 Å². The summed E-state index contributed by atoms with van der Waals surface area (Å²) in [5.74, 6) is -1.77. The molecule has 2 rings (SSSR count). The van der Waals surface area contributed by atoms with Crippen molar-refractivity contribution in [2.24, 2.45) is 0 Å². The zero-order valence-corrected chi connectivity index (χ0v) is 12.4. The number of rotatable bonds is 3. The Morgan fingerprint density at radius 2 is 1.91 bits per heavy atom. The van der Waals surface area contributed by atoms with Gasteiger partial charge >= 0.3 is 11.9 Å². The Bertz CT molecular complexity index is 832. The average molecular weight is 315 g/mol. The van der Waals surface area contributed by atoms with E-state index in [0.29, 0.717) is 5.69 Å². The van der Waals surface area contributed by atoms with E-state index in [-0.39, 0.29) is 28.3 Å². The van der Waals surface area contributed by atoms with E-state index in [1.54, 1.807) is 0 Å².